The van der Waals surface area contributed by atoms with E-state index in [0.717, 1.165) is 6.20 Å². The predicted molar refractivity (Wildman–Crippen MR) is 46.3 cm³/mol. The summed E-state index contributed by atoms with van der Waals surface area (Å²) in [6.07, 6.45) is -1.85. The summed E-state index contributed by atoms with van der Waals surface area (Å²) in [6, 6.07) is 1.68. The molecular weight excluding hydrogens is 214 g/mol. The van der Waals surface area contributed by atoms with Crippen LogP contribution in [0, 0.1) is 11.3 Å². The number of alkyl halides is 3. The van der Waals surface area contributed by atoms with Gasteiger partial charge in [-0.3, -0.25) is 4.79 Å². The first-order valence-electron chi connectivity index (χ1n) is 3.60. The van der Waals surface area contributed by atoms with Gasteiger partial charge in [0.15, 0.2) is 0 Å². The molecule has 0 aliphatic heterocycles. The van der Waals surface area contributed by atoms with E-state index in [9.17, 15) is 13.6 Å². The van der Waals surface area contributed by atoms with Crippen LogP contribution >= 0.6 is 11.6 Å². The van der Waals surface area contributed by atoms with Crippen LogP contribution in [0.4, 0.5) is 8.78 Å². The summed E-state index contributed by atoms with van der Waals surface area (Å²) in [5, 5.41) is 8.57. The van der Waals surface area contributed by atoms with Gasteiger partial charge in [0.05, 0.1) is 11.1 Å². The van der Waals surface area contributed by atoms with E-state index in [1.807, 2.05) is 0 Å². The number of halogens is 3. The van der Waals surface area contributed by atoms with Crippen molar-refractivity contribution < 1.29 is 8.78 Å². The smallest absolute Gasteiger partial charge is 0.269 e. The Kier molecular flexibility index (Phi) is 3.20. The Balaban J connectivity index is 3.53. The molecule has 0 fully saturated rings. The maximum absolute atomic E-state index is 12.4. The Morgan fingerprint density at radius 2 is 2.29 bits per heavy atom. The fraction of sp³-hybridized carbons (Fsp3) is 0.250. The lowest BCUT2D eigenvalue weighted by molar-refractivity contribution is 0.148. The first-order valence-corrected chi connectivity index (χ1v) is 4.14. The number of nitriles is 1. The first kappa shape index (κ1) is 10.7. The predicted octanol–water partition coefficient (Wildman–Crippen LogP) is 1.92. The van der Waals surface area contributed by atoms with Crippen LogP contribution in [0.2, 0.25) is 0 Å². The number of hydrogen-bond acceptors (Lipinski definition) is 2. The van der Waals surface area contributed by atoms with Gasteiger partial charge in [-0.2, -0.15) is 5.26 Å². The molecule has 0 amide bonds. The fourth-order valence-electron chi connectivity index (χ4n) is 1.06. The molecule has 6 heteroatoms. The molecule has 1 rings (SSSR count). The summed E-state index contributed by atoms with van der Waals surface area (Å²) in [5.74, 6) is -0.285. The van der Waals surface area contributed by atoms with Crippen LogP contribution in [0.5, 0.6) is 0 Å². The topological polar surface area (TPSA) is 56.6 Å². The van der Waals surface area contributed by atoms with Crippen molar-refractivity contribution in [3.63, 3.8) is 0 Å². The zero-order valence-corrected chi connectivity index (χ0v) is 7.61. The van der Waals surface area contributed by atoms with Crippen LogP contribution in [0.3, 0.4) is 0 Å². The van der Waals surface area contributed by atoms with Crippen molar-refractivity contribution in [2.24, 2.45) is 0 Å². The second kappa shape index (κ2) is 4.20. The van der Waals surface area contributed by atoms with Gasteiger partial charge in [-0.05, 0) is 0 Å². The largest absolute Gasteiger partial charge is 0.327 e. The number of nitrogens with one attached hydrogen (secondary N) is 1. The highest BCUT2D eigenvalue weighted by Gasteiger charge is 2.19. The van der Waals surface area contributed by atoms with Crippen molar-refractivity contribution in [1.82, 2.24) is 4.98 Å². The minimum Gasteiger partial charge on any atom is -0.327 e. The van der Waals surface area contributed by atoms with Gasteiger partial charge in [-0.15, -0.1) is 11.6 Å². The molecule has 0 saturated heterocycles. The normalized spacial score (nSPS) is 10.2. The van der Waals surface area contributed by atoms with Gasteiger partial charge in [-0.1, -0.05) is 0 Å². The Hall–Kier alpha value is -1.41. The minimum absolute atomic E-state index is 0.0325. The molecule has 0 saturated carbocycles. The van der Waals surface area contributed by atoms with Gasteiger partial charge in [0.2, 0.25) is 0 Å². The summed E-state index contributed by atoms with van der Waals surface area (Å²) in [6.45, 7) is 0. The molecule has 0 aliphatic carbocycles. The molecular formula is C8H5ClF2N2O. The molecule has 0 spiro atoms. The number of pyridine rings is 1. The second-order valence-corrected chi connectivity index (χ2v) is 2.74. The van der Waals surface area contributed by atoms with Crippen molar-refractivity contribution in [3.05, 3.63) is 33.2 Å². The van der Waals surface area contributed by atoms with Gasteiger partial charge < -0.3 is 4.98 Å². The van der Waals surface area contributed by atoms with E-state index in [2.05, 4.69) is 4.98 Å². The van der Waals surface area contributed by atoms with Gasteiger partial charge >= 0.3 is 0 Å². The van der Waals surface area contributed by atoms with Crippen molar-refractivity contribution in [2.45, 2.75) is 12.3 Å². The Labute approximate surface area is 82.9 Å². The number of aromatic amines is 1. The lowest BCUT2D eigenvalue weighted by Crippen LogP contribution is -2.16. The zero-order valence-electron chi connectivity index (χ0n) is 6.85. The van der Waals surface area contributed by atoms with Crippen LogP contribution in [0.25, 0.3) is 0 Å². The fourth-order valence-corrected chi connectivity index (χ4v) is 1.35. The number of aromatic nitrogens is 1. The van der Waals surface area contributed by atoms with E-state index >= 15 is 0 Å². The molecule has 1 heterocycles. The van der Waals surface area contributed by atoms with Crippen LogP contribution < -0.4 is 5.56 Å². The molecule has 0 aromatic carbocycles. The number of rotatable bonds is 2. The van der Waals surface area contributed by atoms with E-state index in [1.54, 1.807) is 6.07 Å². The number of nitrogens with zero attached hydrogens (tertiary/aromatic N) is 1. The van der Waals surface area contributed by atoms with Crippen molar-refractivity contribution in [1.29, 1.82) is 5.26 Å². The molecule has 1 aromatic heterocycles. The Morgan fingerprint density at radius 3 is 2.71 bits per heavy atom. The SMILES string of the molecule is N#Cc1c[nH]c(=O)c(C(F)F)c1CCl. The summed E-state index contributed by atoms with van der Waals surface area (Å²) >= 11 is 5.39. The lowest BCUT2D eigenvalue weighted by atomic mass is 10.1. The highest BCUT2D eigenvalue weighted by molar-refractivity contribution is 6.17. The van der Waals surface area contributed by atoms with E-state index in [4.69, 9.17) is 16.9 Å². The van der Waals surface area contributed by atoms with E-state index in [0.29, 0.717) is 0 Å². The van der Waals surface area contributed by atoms with Crippen LogP contribution in [-0.4, -0.2) is 4.98 Å². The molecule has 0 atom stereocenters. The molecule has 0 bridgehead atoms. The Bertz CT molecular complexity index is 436. The monoisotopic (exact) mass is 218 g/mol. The summed E-state index contributed by atoms with van der Waals surface area (Å²) in [4.78, 5) is 13.1. The van der Waals surface area contributed by atoms with Gasteiger partial charge in [0, 0.05) is 17.6 Å². The summed E-state index contributed by atoms with van der Waals surface area (Å²) in [7, 11) is 0. The van der Waals surface area contributed by atoms with Crippen LogP contribution in [0.15, 0.2) is 11.0 Å². The van der Waals surface area contributed by atoms with Crippen LogP contribution in [0.1, 0.15) is 23.1 Å². The molecule has 1 N–H and O–H groups in total. The number of H-pyrrole nitrogens is 1. The third-order valence-corrected chi connectivity index (χ3v) is 1.98. The first-order chi connectivity index (χ1) is 6.61. The number of hydrogen-bond donors (Lipinski definition) is 1. The van der Waals surface area contributed by atoms with Crippen LogP contribution in [-0.2, 0) is 5.88 Å². The molecule has 74 valence electrons. The van der Waals surface area contributed by atoms with E-state index < -0.39 is 17.5 Å². The van der Waals surface area contributed by atoms with Crippen molar-refractivity contribution in [2.75, 3.05) is 0 Å². The standard InChI is InChI=1S/C8H5ClF2N2O/c9-1-5-4(2-12)3-13-8(14)6(5)7(10)11/h3,7H,1H2,(H,13,14). The van der Waals surface area contributed by atoms with Crippen molar-refractivity contribution >= 4 is 11.6 Å². The summed E-state index contributed by atoms with van der Waals surface area (Å²) in [5.41, 5.74) is -1.77. The second-order valence-electron chi connectivity index (χ2n) is 2.47. The molecule has 0 unspecified atom stereocenters. The third-order valence-electron chi connectivity index (χ3n) is 1.71. The highest BCUT2D eigenvalue weighted by atomic mass is 35.5. The average molecular weight is 219 g/mol. The van der Waals surface area contributed by atoms with E-state index in [1.165, 1.54) is 0 Å². The maximum Gasteiger partial charge on any atom is 0.269 e. The molecule has 1 aromatic rings. The average Bonchev–Trinajstić information content (AvgIpc) is 2.16. The zero-order chi connectivity index (χ0) is 10.7. The molecule has 0 radical (unpaired) electrons. The molecule has 14 heavy (non-hydrogen) atoms. The van der Waals surface area contributed by atoms with Gasteiger partial charge in [0.25, 0.3) is 12.0 Å². The van der Waals surface area contributed by atoms with E-state index in [-0.39, 0.29) is 17.0 Å². The van der Waals surface area contributed by atoms with Gasteiger partial charge in [0.1, 0.15) is 6.07 Å². The third kappa shape index (κ3) is 1.75. The summed E-state index contributed by atoms with van der Waals surface area (Å²) < 4.78 is 24.8. The maximum atomic E-state index is 12.4. The lowest BCUT2D eigenvalue weighted by Gasteiger charge is -2.05. The minimum atomic E-state index is -2.93. The van der Waals surface area contributed by atoms with Crippen molar-refractivity contribution in [3.8, 4) is 6.07 Å². The Morgan fingerprint density at radius 1 is 1.64 bits per heavy atom. The highest BCUT2D eigenvalue weighted by Crippen LogP contribution is 2.22. The molecule has 0 aliphatic rings. The molecule has 3 nitrogen and oxygen atoms in total. The van der Waals surface area contributed by atoms with Gasteiger partial charge in [-0.25, -0.2) is 8.78 Å². The quantitative estimate of drug-likeness (QED) is 0.771.